The third-order valence-corrected chi connectivity index (χ3v) is 5.09. The van der Waals surface area contributed by atoms with Crippen LogP contribution in [0, 0.1) is 5.92 Å². The molecule has 1 saturated heterocycles. The molecule has 0 saturated carbocycles. The second kappa shape index (κ2) is 11.8. The largest absolute Gasteiger partial charge is 0.372 e. The first-order chi connectivity index (χ1) is 12.7. The minimum absolute atomic E-state index is 0.732. The van der Waals surface area contributed by atoms with Gasteiger partial charge in [-0.1, -0.05) is 18.2 Å². The Morgan fingerprint density at radius 2 is 1.88 bits per heavy atom. The van der Waals surface area contributed by atoms with Crippen molar-refractivity contribution < 1.29 is 0 Å². The fourth-order valence-electron chi connectivity index (χ4n) is 3.39. The van der Waals surface area contributed by atoms with Gasteiger partial charge in [0.15, 0.2) is 5.96 Å². The van der Waals surface area contributed by atoms with Gasteiger partial charge in [0.05, 0.1) is 0 Å². The standard InChI is InChI=1S/C21H37N5/c1-4-22-21(24-18-19-12-16-25(3)17-13-19)23-14-9-15-26(5-2)20-10-7-6-8-11-20/h6-8,10-11,19H,4-5,9,12-18H2,1-3H3,(H2,22,23,24). The predicted octanol–water partition coefficient (Wildman–Crippen LogP) is 2.80. The van der Waals surface area contributed by atoms with E-state index in [1.165, 1.54) is 31.6 Å². The maximum absolute atomic E-state index is 4.82. The van der Waals surface area contributed by atoms with Crippen molar-refractivity contribution in [2.24, 2.45) is 10.9 Å². The lowest BCUT2D eigenvalue weighted by molar-refractivity contribution is 0.223. The Labute approximate surface area is 159 Å². The first-order valence-corrected chi connectivity index (χ1v) is 10.2. The van der Waals surface area contributed by atoms with Crippen LogP contribution in [0.25, 0.3) is 0 Å². The lowest BCUT2D eigenvalue weighted by Gasteiger charge is -2.28. The van der Waals surface area contributed by atoms with E-state index in [4.69, 9.17) is 4.99 Å². The van der Waals surface area contributed by atoms with Gasteiger partial charge >= 0.3 is 0 Å². The van der Waals surface area contributed by atoms with Gasteiger partial charge in [-0.2, -0.15) is 0 Å². The number of rotatable bonds is 9. The molecule has 1 fully saturated rings. The van der Waals surface area contributed by atoms with Crippen LogP contribution >= 0.6 is 0 Å². The Morgan fingerprint density at radius 3 is 2.54 bits per heavy atom. The molecule has 0 atom stereocenters. The number of para-hydroxylation sites is 1. The van der Waals surface area contributed by atoms with Gasteiger partial charge < -0.3 is 20.4 Å². The molecule has 5 nitrogen and oxygen atoms in total. The number of guanidine groups is 1. The maximum atomic E-state index is 4.82. The highest BCUT2D eigenvalue weighted by molar-refractivity contribution is 5.79. The van der Waals surface area contributed by atoms with Crippen LogP contribution in [0.3, 0.4) is 0 Å². The van der Waals surface area contributed by atoms with Crippen LogP contribution < -0.4 is 15.5 Å². The summed E-state index contributed by atoms with van der Waals surface area (Å²) in [6.45, 7) is 11.6. The van der Waals surface area contributed by atoms with Crippen molar-refractivity contribution in [2.75, 3.05) is 57.8 Å². The molecule has 1 aromatic carbocycles. The van der Waals surface area contributed by atoms with Gasteiger partial charge in [0, 0.05) is 38.4 Å². The van der Waals surface area contributed by atoms with Crippen molar-refractivity contribution in [3.8, 4) is 0 Å². The van der Waals surface area contributed by atoms with Crippen LogP contribution in [0.1, 0.15) is 33.1 Å². The van der Waals surface area contributed by atoms with Crippen molar-refractivity contribution in [1.82, 2.24) is 15.5 Å². The summed E-state index contributed by atoms with van der Waals surface area (Å²) < 4.78 is 0. The molecule has 1 aliphatic rings. The van der Waals surface area contributed by atoms with E-state index in [0.717, 1.165) is 51.0 Å². The molecule has 5 heteroatoms. The molecule has 2 N–H and O–H groups in total. The lowest BCUT2D eigenvalue weighted by atomic mass is 9.97. The average molecular weight is 360 g/mol. The van der Waals surface area contributed by atoms with Crippen LogP contribution in [-0.2, 0) is 0 Å². The molecule has 0 bridgehead atoms. The molecule has 2 rings (SSSR count). The van der Waals surface area contributed by atoms with E-state index in [0.29, 0.717) is 0 Å². The monoisotopic (exact) mass is 359 g/mol. The molecule has 26 heavy (non-hydrogen) atoms. The Bertz CT molecular complexity index is 508. The molecule has 0 unspecified atom stereocenters. The van der Waals surface area contributed by atoms with Crippen LogP contribution in [0.15, 0.2) is 35.3 Å². The third-order valence-electron chi connectivity index (χ3n) is 5.09. The Balaban J connectivity index is 1.72. The average Bonchev–Trinajstić information content (AvgIpc) is 2.68. The van der Waals surface area contributed by atoms with Crippen LogP contribution in [0.4, 0.5) is 5.69 Å². The highest BCUT2D eigenvalue weighted by Gasteiger charge is 2.16. The van der Waals surface area contributed by atoms with E-state index in [9.17, 15) is 0 Å². The SMILES string of the molecule is CCNC(=NCC1CCN(C)CC1)NCCCN(CC)c1ccccc1. The van der Waals surface area contributed by atoms with Gasteiger partial charge in [-0.15, -0.1) is 0 Å². The Kier molecular flexibility index (Phi) is 9.32. The van der Waals surface area contributed by atoms with Gasteiger partial charge in [-0.05, 0) is 71.3 Å². The van der Waals surface area contributed by atoms with Gasteiger partial charge in [0.2, 0.25) is 0 Å². The van der Waals surface area contributed by atoms with E-state index < -0.39 is 0 Å². The second-order valence-corrected chi connectivity index (χ2v) is 7.16. The minimum atomic E-state index is 0.732. The molecule has 1 aliphatic heterocycles. The zero-order chi connectivity index (χ0) is 18.6. The fraction of sp³-hybridized carbons (Fsp3) is 0.667. The highest BCUT2D eigenvalue weighted by atomic mass is 15.2. The van der Waals surface area contributed by atoms with E-state index in [1.54, 1.807) is 0 Å². The Morgan fingerprint density at radius 1 is 1.15 bits per heavy atom. The summed E-state index contributed by atoms with van der Waals surface area (Å²) in [4.78, 5) is 9.65. The number of anilines is 1. The number of hydrogen-bond donors (Lipinski definition) is 2. The topological polar surface area (TPSA) is 42.9 Å². The number of piperidine rings is 1. The maximum Gasteiger partial charge on any atom is 0.191 e. The number of nitrogens with zero attached hydrogens (tertiary/aromatic N) is 3. The molecule has 0 aliphatic carbocycles. The lowest BCUT2D eigenvalue weighted by Crippen LogP contribution is -2.39. The van der Waals surface area contributed by atoms with Gasteiger partial charge in [0.25, 0.3) is 0 Å². The van der Waals surface area contributed by atoms with E-state index in [2.05, 4.69) is 71.7 Å². The van der Waals surface area contributed by atoms with E-state index in [-0.39, 0.29) is 0 Å². The zero-order valence-corrected chi connectivity index (χ0v) is 16.9. The van der Waals surface area contributed by atoms with E-state index >= 15 is 0 Å². The quantitative estimate of drug-likeness (QED) is 0.404. The summed E-state index contributed by atoms with van der Waals surface area (Å²) in [6, 6.07) is 10.7. The zero-order valence-electron chi connectivity index (χ0n) is 16.9. The molecular formula is C21H37N5. The molecule has 146 valence electrons. The third kappa shape index (κ3) is 7.24. The number of likely N-dealkylation sites (tertiary alicyclic amines) is 1. The smallest absolute Gasteiger partial charge is 0.191 e. The van der Waals surface area contributed by atoms with Crippen LogP contribution in [0.2, 0.25) is 0 Å². The molecule has 0 spiro atoms. The van der Waals surface area contributed by atoms with Crippen LogP contribution in [0.5, 0.6) is 0 Å². The summed E-state index contributed by atoms with van der Waals surface area (Å²) in [5, 5.41) is 6.88. The second-order valence-electron chi connectivity index (χ2n) is 7.16. The number of benzene rings is 1. The molecule has 1 heterocycles. The van der Waals surface area contributed by atoms with Crippen molar-refractivity contribution >= 4 is 11.6 Å². The van der Waals surface area contributed by atoms with Crippen molar-refractivity contribution in [3.05, 3.63) is 30.3 Å². The molecular weight excluding hydrogens is 322 g/mol. The molecule has 0 aromatic heterocycles. The molecule has 0 radical (unpaired) electrons. The molecule has 0 amide bonds. The fourth-order valence-corrected chi connectivity index (χ4v) is 3.39. The summed E-state index contributed by atoms with van der Waals surface area (Å²) in [6.07, 6.45) is 3.63. The summed E-state index contributed by atoms with van der Waals surface area (Å²) in [7, 11) is 2.21. The number of nitrogens with one attached hydrogen (secondary N) is 2. The molecule has 1 aromatic rings. The summed E-state index contributed by atoms with van der Waals surface area (Å²) >= 11 is 0. The predicted molar refractivity (Wildman–Crippen MR) is 113 cm³/mol. The first kappa shape index (κ1) is 20.6. The minimum Gasteiger partial charge on any atom is -0.372 e. The van der Waals surface area contributed by atoms with Crippen molar-refractivity contribution in [3.63, 3.8) is 0 Å². The van der Waals surface area contributed by atoms with E-state index in [1.807, 2.05) is 0 Å². The van der Waals surface area contributed by atoms with Crippen LogP contribution in [-0.4, -0.2) is 63.7 Å². The highest BCUT2D eigenvalue weighted by Crippen LogP contribution is 2.16. The van der Waals surface area contributed by atoms with Crippen molar-refractivity contribution in [1.29, 1.82) is 0 Å². The van der Waals surface area contributed by atoms with Gasteiger partial charge in [0.1, 0.15) is 0 Å². The van der Waals surface area contributed by atoms with Crippen molar-refractivity contribution in [2.45, 2.75) is 33.1 Å². The van der Waals surface area contributed by atoms with Gasteiger partial charge in [-0.25, -0.2) is 0 Å². The normalized spacial score (nSPS) is 16.5. The number of aliphatic imine (C=N–C) groups is 1. The Hall–Kier alpha value is -1.75. The summed E-state index contributed by atoms with van der Waals surface area (Å²) in [5.74, 6) is 1.70. The van der Waals surface area contributed by atoms with Gasteiger partial charge in [-0.3, -0.25) is 4.99 Å². The number of hydrogen-bond acceptors (Lipinski definition) is 3. The summed E-state index contributed by atoms with van der Waals surface area (Å²) in [5.41, 5.74) is 1.30. The first-order valence-electron chi connectivity index (χ1n) is 10.2.